The summed E-state index contributed by atoms with van der Waals surface area (Å²) < 4.78 is 10.6. The fourth-order valence-corrected chi connectivity index (χ4v) is 4.65. The molecule has 0 N–H and O–H groups in total. The van der Waals surface area contributed by atoms with Crippen molar-refractivity contribution in [3.63, 3.8) is 0 Å². The number of anilines is 1. The molecule has 0 unspecified atom stereocenters. The summed E-state index contributed by atoms with van der Waals surface area (Å²) in [6.07, 6.45) is 6.10. The van der Waals surface area contributed by atoms with Crippen LogP contribution < -0.4 is 4.90 Å². The van der Waals surface area contributed by atoms with Crippen molar-refractivity contribution >= 4 is 5.69 Å². The predicted molar refractivity (Wildman–Crippen MR) is 122 cm³/mol. The van der Waals surface area contributed by atoms with Crippen LogP contribution in [0.2, 0.25) is 0 Å². The van der Waals surface area contributed by atoms with Crippen molar-refractivity contribution in [2.45, 2.75) is 25.3 Å². The van der Waals surface area contributed by atoms with Crippen molar-refractivity contribution in [1.82, 2.24) is 15.1 Å². The van der Waals surface area contributed by atoms with E-state index >= 15 is 0 Å². The molecule has 6 rings (SSSR count). The summed E-state index contributed by atoms with van der Waals surface area (Å²) in [4.78, 5) is 11.6. The molecule has 4 aromatic rings. The normalized spacial score (nSPS) is 17.0. The molecule has 6 heteroatoms. The molecule has 2 aliphatic rings. The molecule has 0 aliphatic carbocycles. The first-order valence-corrected chi connectivity index (χ1v) is 11.0. The topological polar surface area (TPSA) is 64.3 Å². The number of aryl methyl sites for hydroxylation is 1. The van der Waals surface area contributed by atoms with Gasteiger partial charge in [0.05, 0.1) is 42.6 Å². The molecule has 0 radical (unpaired) electrons. The van der Waals surface area contributed by atoms with E-state index in [0.717, 1.165) is 44.0 Å². The number of fused-ring (bicyclic) bond motifs is 1. The Hall–Kier alpha value is -3.51. The third-order valence-electron chi connectivity index (χ3n) is 6.72. The Bertz CT molecular complexity index is 1230. The molecule has 0 saturated carbocycles. The van der Waals surface area contributed by atoms with Gasteiger partial charge in [0.25, 0.3) is 0 Å². The van der Waals surface area contributed by atoms with E-state index in [4.69, 9.17) is 14.2 Å². The van der Waals surface area contributed by atoms with Crippen molar-refractivity contribution in [1.29, 1.82) is 0 Å². The second kappa shape index (κ2) is 7.57. The molecule has 0 spiro atoms. The minimum atomic E-state index is -0.0402. The van der Waals surface area contributed by atoms with Gasteiger partial charge in [0.2, 0.25) is 0 Å². The Morgan fingerprint density at radius 2 is 1.69 bits per heavy atom. The maximum atomic E-state index is 5.67. The van der Waals surface area contributed by atoms with E-state index in [-0.39, 0.29) is 5.41 Å². The van der Waals surface area contributed by atoms with Gasteiger partial charge in [-0.25, -0.2) is 9.97 Å². The fourth-order valence-electron chi connectivity index (χ4n) is 4.65. The largest absolute Gasteiger partial charge is 0.379 e. The van der Waals surface area contributed by atoms with Gasteiger partial charge in [0.1, 0.15) is 6.26 Å². The van der Waals surface area contributed by atoms with Crippen LogP contribution in [0.3, 0.4) is 0 Å². The second-order valence-corrected chi connectivity index (χ2v) is 8.74. The molecule has 2 aliphatic heterocycles. The van der Waals surface area contributed by atoms with Crippen molar-refractivity contribution in [3.05, 3.63) is 95.1 Å². The molecule has 32 heavy (non-hydrogen) atoms. The smallest absolute Gasteiger partial charge is 0.164 e. The van der Waals surface area contributed by atoms with Crippen molar-refractivity contribution in [3.8, 4) is 11.4 Å². The van der Waals surface area contributed by atoms with Gasteiger partial charge in [-0.1, -0.05) is 47.1 Å². The van der Waals surface area contributed by atoms with E-state index in [1.54, 1.807) is 12.5 Å². The molecule has 0 bridgehead atoms. The van der Waals surface area contributed by atoms with Crippen LogP contribution in [-0.4, -0.2) is 34.9 Å². The molecule has 2 aromatic heterocycles. The van der Waals surface area contributed by atoms with Crippen molar-refractivity contribution in [2.75, 3.05) is 24.7 Å². The first-order chi connectivity index (χ1) is 15.7. The Kier molecular flexibility index (Phi) is 4.54. The van der Waals surface area contributed by atoms with Crippen LogP contribution in [0.25, 0.3) is 11.4 Å². The van der Waals surface area contributed by atoms with E-state index in [2.05, 4.69) is 70.5 Å². The zero-order valence-corrected chi connectivity index (χ0v) is 18.0. The molecular formula is C26H24N4O2. The Morgan fingerprint density at radius 1 is 0.938 bits per heavy atom. The standard InChI is InChI=1S/C26H24N4O2/c1-18-2-4-21(5-3-18)26(16-31-17-26)22-6-8-23(9-7-22)30-11-10-19-12-27-25(29-24(19)14-30)20-13-28-32-15-20/h2-9,12-13,15H,10-11,14,16-17H2,1H3. The maximum absolute atomic E-state index is 5.67. The van der Waals surface area contributed by atoms with Crippen molar-refractivity contribution < 1.29 is 9.26 Å². The van der Waals surface area contributed by atoms with Crippen LogP contribution in [0.1, 0.15) is 27.9 Å². The highest BCUT2D eigenvalue weighted by molar-refractivity contribution is 5.55. The SMILES string of the molecule is Cc1ccc(C2(c3ccc(N4CCc5cnc(-c6cnoc6)nc5C4)cc3)COC2)cc1. The highest BCUT2D eigenvalue weighted by atomic mass is 16.5. The van der Waals surface area contributed by atoms with Crippen LogP contribution >= 0.6 is 0 Å². The van der Waals surface area contributed by atoms with E-state index < -0.39 is 0 Å². The fraction of sp³-hybridized carbons (Fsp3) is 0.269. The van der Waals surface area contributed by atoms with Gasteiger partial charge < -0.3 is 14.2 Å². The first-order valence-electron chi connectivity index (χ1n) is 11.0. The summed E-state index contributed by atoms with van der Waals surface area (Å²) in [5.41, 5.74) is 8.17. The third kappa shape index (κ3) is 3.19. The van der Waals surface area contributed by atoms with E-state index in [0.29, 0.717) is 5.82 Å². The van der Waals surface area contributed by atoms with Gasteiger partial charge in [-0.2, -0.15) is 0 Å². The Morgan fingerprint density at radius 3 is 2.34 bits per heavy atom. The molecule has 1 fully saturated rings. The number of nitrogens with zero attached hydrogens (tertiary/aromatic N) is 4. The van der Waals surface area contributed by atoms with Crippen LogP contribution in [0.5, 0.6) is 0 Å². The lowest BCUT2D eigenvalue weighted by Crippen LogP contribution is -2.47. The van der Waals surface area contributed by atoms with E-state index in [9.17, 15) is 0 Å². The highest BCUT2D eigenvalue weighted by Crippen LogP contribution is 2.40. The van der Waals surface area contributed by atoms with Gasteiger partial charge >= 0.3 is 0 Å². The number of rotatable bonds is 4. The number of hydrogen-bond donors (Lipinski definition) is 0. The lowest BCUT2D eigenvalue weighted by atomic mass is 9.73. The summed E-state index contributed by atoms with van der Waals surface area (Å²) >= 11 is 0. The number of aromatic nitrogens is 3. The minimum absolute atomic E-state index is 0.0402. The molecule has 0 atom stereocenters. The summed E-state index contributed by atoms with van der Waals surface area (Å²) in [5, 5.41) is 3.76. The van der Waals surface area contributed by atoms with E-state index in [1.807, 2.05) is 6.20 Å². The van der Waals surface area contributed by atoms with Gasteiger partial charge in [0.15, 0.2) is 5.82 Å². The molecular weight excluding hydrogens is 400 g/mol. The van der Waals surface area contributed by atoms with Gasteiger partial charge in [-0.3, -0.25) is 0 Å². The molecule has 4 heterocycles. The van der Waals surface area contributed by atoms with Crippen LogP contribution in [-0.2, 0) is 23.1 Å². The Balaban J connectivity index is 1.25. The van der Waals surface area contributed by atoms with Gasteiger partial charge in [0, 0.05) is 18.4 Å². The highest BCUT2D eigenvalue weighted by Gasteiger charge is 2.42. The van der Waals surface area contributed by atoms with Crippen LogP contribution in [0.15, 0.2) is 71.7 Å². The summed E-state index contributed by atoms with van der Waals surface area (Å²) in [5.74, 6) is 0.659. The third-order valence-corrected chi connectivity index (χ3v) is 6.72. The average Bonchev–Trinajstić information content (AvgIpc) is 3.34. The average molecular weight is 425 g/mol. The minimum Gasteiger partial charge on any atom is -0.379 e. The zero-order valence-electron chi connectivity index (χ0n) is 18.0. The summed E-state index contributed by atoms with van der Waals surface area (Å²) in [6, 6.07) is 17.8. The number of ether oxygens (including phenoxy) is 1. The van der Waals surface area contributed by atoms with Crippen LogP contribution in [0, 0.1) is 6.92 Å². The zero-order chi connectivity index (χ0) is 21.5. The summed E-state index contributed by atoms with van der Waals surface area (Å²) in [7, 11) is 0. The van der Waals surface area contributed by atoms with Crippen molar-refractivity contribution in [2.24, 2.45) is 0 Å². The predicted octanol–water partition coefficient (Wildman–Crippen LogP) is 4.32. The quantitative estimate of drug-likeness (QED) is 0.486. The first kappa shape index (κ1) is 19.2. The molecule has 0 amide bonds. The number of benzene rings is 2. The second-order valence-electron chi connectivity index (χ2n) is 8.74. The number of hydrogen-bond acceptors (Lipinski definition) is 6. The van der Waals surface area contributed by atoms with Gasteiger partial charge in [-0.15, -0.1) is 0 Å². The monoisotopic (exact) mass is 424 g/mol. The molecule has 160 valence electrons. The lowest BCUT2D eigenvalue weighted by Gasteiger charge is -2.43. The molecule has 6 nitrogen and oxygen atoms in total. The lowest BCUT2D eigenvalue weighted by molar-refractivity contribution is -0.0379. The molecule has 2 aromatic carbocycles. The maximum Gasteiger partial charge on any atom is 0.164 e. The van der Waals surface area contributed by atoms with E-state index in [1.165, 1.54) is 27.9 Å². The van der Waals surface area contributed by atoms with Crippen LogP contribution in [0.4, 0.5) is 5.69 Å². The Labute approximate surface area is 186 Å². The summed E-state index contributed by atoms with van der Waals surface area (Å²) in [6.45, 7) is 5.31. The van der Waals surface area contributed by atoms with Gasteiger partial charge in [-0.05, 0) is 42.2 Å². The molecule has 1 saturated heterocycles.